The maximum Gasteiger partial charge on any atom is 0.203 e. The number of hydrogen-bond donors (Lipinski definition) is 1. The molecule has 0 saturated heterocycles. The van der Waals surface area contributed by atoms with Crippen molar-refractivity contribution in [2.24, 2.45) is 5.41 Å². The third-order valence-corrected chi connectivity index (χ3v) is 3.87. The van der Waals surface area contributed by atoms with Crippen molar-refractivity contribution >= 4 is 0 Å². The Kier molecular flexibility index (Phi) is 3.27. The van der Waals surface area contributed by atoms with Crippen molar-refractivity contribution in [3.63, 3.8) is 0 Å². The highest BCUT2D eigenvalue weighted by Gasteiger charge is 2.36. The molecule has 1 aliphatic carbocycles. The quantitative estimate of drug-likeness (QED) is 0.885. The first-order chi connectivity index (χ1) is 9.20. The third kappa shape index (κ3) is 2.78. The Hall–Kier alpha value is -1.42. The van der Waals surface area contributed by atoms with Crippen molar-refractivity contribution in [1.29, 1.82) is 0 Å². The van der Waals surface area contributed by atoms with Crippen LogP contribution in [0.15, 0.2) is 12.1 Å². The summed E-state index contributed by atoms with van der Waals surface area (Å²) in [4.78, 5) is 0. The normalized spacial score (nSPS) is 19.1. The summed E-state index contributed by atoms with van der Waals surface area (Å²) >= 11 is 0. The molecule has 0 unspecified atom stereocenters. The fourth-order valence-electron chi connectivity index (χ4n) is 2.33. The molecule has 0 radical (unpaired) electrons. The van der Waals surface area contributed by atoms with Crippen LogP contribution in [0.1, 0.15) is 25.3 Å². The minimum absolute atomic E-state index is 0.526. The predicted molar refractivity (Wildman–Crippen MR) is 73.0 cm³/mol. The third-order valence-electron chi connectivity index (χ3n) is 3.87. The Balaban J connectivity index is 1.70. The first-order valence-corrected chi connectivity index (χ1v) is 6.87. The molecule has 104 valence electrons. The topological polar surface area (TPSA) is 39.7 Å². The van der Waals surface area contributed by atoms with Gasteiger partial charge in [0, 0.05) is 13.1 Å². The van der Waals surface area contributed by atoms with Gasteiger partial charge in [0.25, 0.3) is 0 Å². The minimum Gasteiger partial charge on any atom is -0.493 e. The van der Waals surface area contributed by atoms with Gasteiger partial charge >= 0.3 is 0 Å². The van der Waals surface area contributed by atoms with Gasteiger partial charge in [-0.3, -0.25) is 0 Å². The molecule has 0 aromatic heterocycles. The van der Waals surface area contributed by atoms with Crippen molar-refractivity contribution in [3.05, 3.63) is 17.7 Å². The van der Waals surface area contributed by atoms with Crippen LogP contribution in [0, 0.1) is 5.41 Å². The molecule has 4 heteroatoms. The fraction of sp³-hybridized carbons (Fsp3) is 0.600. The van der Waals surface area contributed by atoms with Gasteiger partial charge in [0.15, 0.2) is 11.5 Å². The largest absolute Gasteiger partial charge is 0.493 e. The van der Waals surface area contributed by atoms with Crippen LogP contribution in [-0.2, 0) is 6.54 Å². The second-order valence-electron chi connectivity index (χ2n) is 5.74. The van der Waals surface area contributed by atoms with Crippen molar-refractivity contribution in [2.75, 3.05) is 26.9 Å². The molecule has 1 aromatic carbocycles. The summed E-state index contributed by atoms with van der Waals surface area (Å²) in [7, 11) is 1.66. The Bertz CT molecular complexity index is 451. The van der Waals surface area contributed by atoms with Gasteiger partial charge in [-0.1, -0.05) is 6.92 Å². The van der Waals surface area contributed by atoms with E-state index in [1.807, 2.05) is 12.1 Å². The summed E-state index contributed by atoms with van der Waals surface area (Å²) < 4.78 is 16.6. The highest BCUT2D eigenvalue weighted by Crippen LogP contribution is 2.44. The summed E-state index contributed by atoms with van der Waals surface area (Å²) in [6.45, 7) is 5.42. The zero-order chi connectivity index (χ0) is 13.3. The molecule has 1 aliphatic heterocycles. The SMILES string of the molecule is COc1cc(CNCC2(C)CC2)cc2c1OCCO2. The highest BCUT2D eigenvalue weighted by atomic mass is 16.6. The van der Waals surface area contributed by atoms with Gasteiger partial charge in [0.2, 0.25) is 5.75 Å². The van der Waals surface area contributed by atoms with E-state index in [-0.39, 0.29) is 0 Å². The van der Waals surface area contributed by atoms with Crippen LogP contribution in [0.5, 0.6) is 17.2 Å². The minimum atomic E-state index is 0.526. The Morgan fingerprint density at radius 1 is 1.26 bits per heavy atom. The number of nitrogens with one attached hydrogen (secondary N) is 1. The molecule has 0 atom stereocenters. The lowest BCUT2D eigenvalue weighted by Gasteiger charge is -2.21. The van der Waals surface area contributed by atoms with Crippen molar-refractivity contribution in [2.45, 2.75) is 26.3 Å². The lowest BCUT2D eigenvalue weighted by Crippen LogP contribution is -2.22. The van der Waals surface area contributed by atoms with Crippen LogP contribution in [0.2, 0.25) is 0 Å². The molecule has 1 fully saturated rings. The van der Waals surface area contributed by atoms with Gasteiger partial charge in [-0.2, -0.15) is 0 Å². The Morgan fingerprint density at radius 3 is 2.79 bits per heavy atom. The number of hydrogen-bond acceptors (Lipinski definition) is 4. The number of ether oxygens (including phenoxy) is 3. The number of benzene rings is 1. The van der Waals surface area contributed by atoms with Gasteiger partial charge in [-0.05, 0) is 36.0 Å². The lowest BCUT2D eigenvalue weighted by molar-refractivity contribution is 0.165. The van der Waals surface area contributed by atoms with Crippen LogP contribution >= 0.6 is 0 Å². The summed E-state index contributed by atoms with van der Waals surface area (Å²) in [5, 5.41) is 3.51. The van der Waals surface area contributed by atoms with E-state index in [1.165, 1.54) is 18.4 Å². The summed E-state index contributed by atoms with van der Waals surface area (Å²) in [5.74, 6) is 2.28. The molecule has 0 spiro atoms. The predicted octanol–water partition coefficient (Wildman–Crippen LogP) is 2.36. The van der Waals surface area contributed by atoms with Crippen molar-refractivity contribution < 1.29 is 14.2 Å². The molecule has 4 nitrogen and oxygen atoms in total. The van der Waals surface area contributed by atoms with Gasteiger partial charge in [-0.15, -0.1) is 0 Å². The van der Waals surface area contributed by atoms with Crippen LogP contribution < -0.4 is 19.5 Å². The van der Waals surface area contributed by atoms with Crippen molar-refractivity contribution in [3.8, 4) is 17.2 Å². The monoisotopic (exact) mass is 263 g/mol. The number of fused-ring (bicyclic) bond motifs is 1. The Labute approximate surface area is 114 Å². The van der Waals surface area contributed by atoms with Crippen LogP contribution in [-0.4, -0.2) is 26.9 Å². The second-order valence-corrected chi connectivity index (χ2v) is 5.74. The van der Waals surface area contributed by atoms with Gasteiger partial charge < -0.3 is 19.5 Å². The molecule has 1 N–H and O–H groups in total. The zero-order valence-corrected chi connectivity index (χ0v) is 11.6. The molecule has 0 bridgehead atoms. The molecule has 1 heterocycles. The summed E-state index contributed by atoms with van der Waals surface area (Å²) in [6, 6.07) is 4.06. The van der Waals surface area contributed by atoms with Gasteiger partial charge in [0.05, 0.1) is 7.11 Å². The second kappa shape index (κ2) is 4.93. The van der Waals surface area contributed by atoms with Crippen molar-refractivity contribution in [1.82, 2.24) is 5.32 Å². The molecule has 2 aliphatic rings. The fourth-order valence-corrected chi connectivity index (χ4v) is 2.33. The van der Waals surface area contributed by atoms with Crippen LogP contribution in [0.25, 0.3) is 0 Å². The molecule has 3 rings (SSSR count). The van der Waals surface area contributed by atoms with Crippen LogP contribution in [0.4, 0.5) is 0 Å². The van der Waals surface area contributed by atoms with E-state index in [4.69, 9.17) is 14.2 Å². The maximum absolute atomic E-state index is 5.63. The average molecular weight is 263 g/mol. The first kappa shape index (κ1) is 12.6. The van der Waals surface area contributed by atoms with E-state index >= 15 is 0 Å². The lowest BCUT2D eigenvalue weighted by atomic mass is 10.1. The van der Waals surface area contributed by atoms with E-state index in [2.05, 4.69) is 12.2 Å². The standard InChI is InChI=1S/C15H21NO3/c1-15(3-4-15)10-16-9-11-7-12(17-2)14-13(8-11)18-5-6-19-14/h7-8,16H,3-6,9-10H2,1-2H3. The molecule has 1 aromatic rings. The molecular weight excluding hydrogens is 242 g/mol. The van der Waals surface area contributed by atoms with E-state index in [0.717, 1.165) is 30.3 Å². The molecule has 19 heavy (non-hydrogen) atoms. The zero-order valence-electron chi connectivity index (χ0n) is 11.6. The smallest absolute Gasteiger partial charge is 0.203 e. The van der Waals surface area contributed by atoms with Crippen LogP contribution in [0.3, 0.4) is 0 Å². The summed E-state index contributed by atoms with van der Waals surface area (Å²) in [6.07, 6.45) is 2.68. The average Bonchev–Trinajstić information content (AvgIpc) is 3.16. The van der Waals surface area contributed by atoms with Gasteiger partial charge in [-0.25, -0.2) is 0 Å². The number of methoxy groups -OCH3 is 1. The van der Waals surface area contributed by atoms with E-state index in [0.29, 0.717) is 18.6 Å². The molecular formula is C15H21NO3. The highest BCUT2D eigenvalue weighted by molar-refractivity contribution is 5.54. The maximum atomic E-state index is 5.63. The van der Waals surface area contributed by atoms with E-state index in [1.54, 1.807) is 7.11 Å². The first-order valence-electron chi connectivity index (χ1n) is 6.87. The van der Waals surface area contributed by atoms with Gasteiger partial charge in [0.1, 0.15) is 13.2 Å². The molecule has 1 saturated carbocycles. The summed E-state index contributed by atoms with van der Waals surface area (Å²) in [5.41, 5.74) is 1.70. The van der Waals surface area contributed by atoms with E-state index < -0.39 is 0 Å². The van der Waals surface area contributed by atoms with E-state index in [9.17, 15) is 0 Å². The number of rotatable bonds is 5. The Morgan fingerprint density at radius 2 is 2.05 bits per heavy atom. The molecule has 0 amide bonds.